The Morgan fingerprint density at radius 1 is 1.35 bits per heavy atom. The van der Waals surface area contributed by atoms with Gasteiger partial charge < -0.3 is 5.11 Å². The molecule has 1 saturated heterocycles. The molecule has 4 nitrogen and oxygen atoms in total. The predicted octanol–water partition coefficient (Wildman–Crippen LogP) is 2.55. The number of piperidine rings is 1. The van der Waals surface area contributed by atoms with E-state index in [-0.39, 0.29) is 18.4 Å². The van der Waals surface area contributed by atoms with Gasteiger partial charge in [-0.05, 0) is 38.1 Å². The van der Waals surface area contributed by atoms with E-state index in [1.54, 1.807) is 6.07 Å². The van der Waals surface area contributed by atoms with Gasteiger partial charge in [0.2, 0.25) is 0 Å². The molecule has 7 heteroatoms. The van der Waals surface area contributed by atoms with E-state index >= 15 is 0 Å². The van der Waals surface area contributed by atoms with Crippen LogP contribution in [0.2, 0.25) is 0 Å². The molecule has 1 N–H and O–H groups in total. The van der Waals surface area contributed by atoms with Gasteiger partial charge in [0.05, 0.1) is 17.2 Å². The van der Waals surface area contributed by atoms with Crippen LogP contribution in [0.5, 0.6) is 0 Å². The summed E-state index contributed by atoms with van der Waals surface area (Å²) in [6.45, 7) is 1.21. The highest BCUT2D eigenvalue weighted by Crippen LogP contribution is 2.34. The average molecular weight is 288 g/mol. The summed E-state index contributed by atoms with van der Waals surface area (Å²) in [5.74, 6) is -2.25. The minimum absolute atomic E-state index is 0.101. The lowest BCUT2D eigenvalue weighted by atomic mass is 9.96. The van der Waals surface area contributed by atoms with Crippen molar-refractivity contribution < 1.29 is 23.1 Å². The lowest BCUT2D eigenvalue weighted by Gasteiger charge is -2.32. The maximum absolute atomic E-state index is 12.5. The SMILES string of the molecule is O=C(O)c1ccc(CN2CCC(C(F)(F)F)CC2)nc1. The number of carboxylic acids is 1. The second-order valence-electron chi connectivity index (χ2n) is 4.94. The Hall–Kier alpha value is -1.63. The first-order valence-corrected chi connectivity index (χ1v) is 6.33. The van der Waals surface area contributed by atoms with E-state index in [1.807, 2.05) is 4.90 Å². The molecule has 0 amide bonds. The number of alkyl halides is 3. The van der Waals surface area contributed by atoms with Crippen molar-refractivity contribution in [2.24, 2.45) is 5.92 Å². The summed E-state index contributed by atoms with van der Waals surface area (Å²) in [7, 11) is 0. The lowest BCUT2D eigenvalue weighted by Crippen LogP contribution is -2.38. The largest absolute Gasteiger partial charge is 0.478 e. The molecule has 0 spiro atoms. The maximum atomic E-state index is 12.5. The first kappa shape index (κ1) is 14.8. The number of aromatic nitrogens is 1. The van der Waals surface area contributed by atoms with Gasteiger partial charge in [-0.15, -0.1) is 0 Å². The number of rotatable bonds is 3. The molecule has 0 radical (unpaired) electrons. The summed E-state index contributed by atoms with van der Waals surface area (Å²) in [5, 5.41) is 8.75. The summed E-state index contributed by atoms with van der Waals surface area (Å²) in [4.78, 5) is 16.6. The van der Waals surface area contributed by atoms with Crippen molar-refractivity contribution in [3.05, 3.63) is 29.6 Å². The third kappa shape index (κ3) is 3.69. The van der Waals surface area contributed by atoms with E-state index in [0.29, 0.717) is 25.3 Å². The topological polar surface area (TPSA) is 53.4 Å². The summed E-state index contributed by atoms with van der Waals surface area (Å²) in [5.41, 5.74) is 0.769. The van der Waals surface area contributed by atoms with E-state index in [2.05, 4.69) is 4.98 Å². The molecule has 0 aromatic carbocycles. The van der Waals surface area contributed by atoms with Crippen molar-refractivity contribution >= 4 is 5.97 Å². The number of likely N-dealkylation sites (tertiary alicyclic amines) is 1. The fraction of sp³-hybridized carbons (Fsp3) is 0.538. The van der Waals surface area contributed by atoms with Crippen LogP contribution in [0.15, 0.2) is 18.3 Å². The van der Waals surface area contributed by atoms with Crippen LogP contribution >= 0.6 is 0 Å². The fourth-order valence-corrected chi connectivity index (χ4v) is 2.29. The van der Waals surface area contributed by atoms with Gasteiger partial charge in [-0.3, -0.25) is 9.88 Å². The van der Waals surface area contributed by atoms with E-state index in [4.69, 9.17) is 5.11 Å². The minimum atomic E-state index is -4.10. The number of halogens is 3. The molecule has 0 bridgehead atoms. The molecule has 1 aliphatic heterocycles. The third-order valence-electron chi connectivity index (χ3n) is 3.51. The van der Waals surface area contributed by atoms with E-state index < -0.39 is 18.1 Å². The Morgan fingerprint density at radius 2 is 2.00 bits per heavy atom. The molecule has 1 fully saturated rings. The van der Waals surface area contributed by atoms with Crippen LogP contribution in [0.1, 0.15) is 28.9 Å². The van der Waals surface area contributed by atoms with Crippen molar-refractivity contribution in [1.82, 2.24) is 9.88 Å². The molecular weight excluding hydrogens is 273 g/mol. The van der Waals surface area contributed by atoms with Gasteiger partial charge in [0.25, 0.3) is 0 Å². The summed E-state index contributed by atoms with van der Waals surface area (Å²) in [6.07, 6.45) is -2.62. The first-order valence-electron chi connectivity index (χ1n) is 6.33. The number of pyridine rings is 1. The van der Waals surface area contributed by atoms with Gasteiger partial charge in [0, 0.05) is 12.7 Å². The molecular formula is C13H15F3N2O2. The van der Waals surface area contributed by atoms with Gasteiger partial charge in [0.15, 0.2) is 0 Å². The van der Waals surface area contributed by atoms with Crippen LogP contribution in [0.3, 0.4) is 0 Å². The Labute approximate surface area is 114 Å². The van der Waals surface area contributed by atoms with Crippen LogP contribution in [-0.4, -0.2) is 40.2 Å². The molecule has 20 heavy (non-hydrogen) atoms. The zero-order chi connectivity index (χ0) is 14.8. The van der Waals surface area contributed by atoms with Crippen LogP contribution in [-0.2, 0) is 6.54 Å². The highest BCUT2D eigenvalue weighted by Gasteiger charge is 2.40. The Morgan fingerprint density at radius 3 is 2.45 bits per heavy atom. The summed E-state index contributed by atoms with van der Waals surface area (Å²) in [6, 6.07) is 3.05. The number of hydrogen-bond acceptors (Lipinski definition) is 3. The number of aromatic carboxylic acids is 1. The number of carboxylic acid groups (broad SMARTS) is 1. The maximum Gasteiger partial charge on any atom is 0.391 e. The van der Waals surface area contributed by atoms with Crippen molar-refractivity contribution in [2.75, 3.05) is 13.1 Å². The lowest BCUT2D eigenvalue weighted by molar-refractivity contribution is -0.185. The second kappa shape index (κ2) is 5.78. The van der Waals surface area contributed by atoms with Gasteiger partial charge >= 0.3 is 12.1 Å². The number of nitrogens with zero attached hydrogens (tertiary/aromatic N) is 2. The molecule has 0 saturated carbocycles. The highest BCUT2D eigenvalue weighted by atomic mass is 19.4. The molecule has 1 aromatic rings. The standard InChI is InChI=1S/C13H15F3N2O2/c14-13(15,16)10-3-5-18(6-4-10)8-11-2-1-9(7-17-11)12(19)20/h1-2,7,10H,3-6,8H2,(H,19,20). The monoisotopic (exact) mass is 288 g/mol. The van der Waals surface area contributed by atoms with Crippen LogP contribution in [0, 0.1) is 5.92 Å². The van der Waals surface area contributed by atoms with Crippen molar-refractivity contribution in [3.63, 3.8) is 0 Å². The quantitative estimate of drug-likeness (QED) is 0.928. The molecule has 0 unspecified atom stereocenters. The predicted molar refractivity (Wildman–Crippen MR) is 65.3 cm³/mol. The van der Waals surface area contributed by atoms with Gasteiger partial charge in [-0.1, -0.05) is 0 Å². The first-order chi connectivity index (χ1) is 9.36. The van der Waals surface area contributed by atoms with Gasteiger partial charge in [-0.25, -0.2) is 4.79 Å². The normalized spacial score (nSPS) is 18.1. The molecule has 2 rings (SSSR count). The zero-order valence-corrected chi connectivity index (χ0v) is 10.7. The number of hydrogen-bond donors (Lipinski definition) is 1. The molecule has 110 valence electrons. The molecule has 1 aliphatic rings. The number of carbonyl (C=O) groups is 1. The Kier molecular flexibility index (Phi) is 4.27. The van der Waals surface area contributed by atoms with Crippen LogP contribution in [0.25, 0.3) is 0 Å². The molecule has 2 heterocycles. The minimum Gasteiger partial charge on any atom is -0.478 e. The summed E-state index contributed by atoms with van der Waals surface area (Å²) < 4.78 is 37.6. The van der Waals surface area contributed by atoms with Gasteiger partial charge in [0.1, 0.15) is 0 Å². The van der Waals surface area contributed by atoms with Crippen LogP contribution < -0.4 is 0 Å². The van der Waals surface area contributed by atoms with E-state index in [1.165, 1.54) is 12.3 Å². The second-order valence-corrected chi connectivity index (χ2v) is 4.94. The average Bonchev–Trinajstić information content (AvgIpc) is 2.39. The Balaban J connectivity index is 1.88. The molecule has 0 aliphatic carbocycles. The molecule has 0 atom stereocenters. The van der Waals surface area contributed by atoms with E-state index in [9.17, 15) is 18.0 Å². The Bertz CT molecular complexity index is 465. The highest BCUT2D eigenvalue weighted by molar-refractivity contribution is 5.87. The van der Waals surface area contributed by atoms with E-state index in [0.717, 1.165) is 0 Å². The molecule has 1 aromatic heterocycles. The fourth-order valence-electron chi connectivity index (χ4n) is 2.29. The van der Waals surface area contributed by atoms with Crippen molar-refractivity contribution in [2.45, 2.75) is 25.6 Å². The van der Waals surface area contributed by atoms with Crippen LogP contribution in [0.4, 0.5) is 13.2 Å². The van der Waals surface area contributed by atoms with Gasteiger partial charge in [-0.2, -0.15) is 13.2 Å². The third-order valence-corrected chi connectivity index (χ3v) is 3.51. The summed E-state index contributed by atoms with van der Waals surface area (Å²) >= 11 is 0. The van der Waals surface area contributed by atoms with Crippen molar-refractivity contribution in [3.8, 4) is 0 Å². The smallest absolute Gasteiger partial charge is 0.391 e. The zero-order valence-electron chi connectivity index (χ0n) is 10.7. The van der Waals surface area contributed by atoms with Crippen molar-refractivity contribution in [1.29, 1.82) is 0 Å².